The van der Waals surface area contributed by atoms with Gasteiger partial charge in [0.15, 0.2) is 11.5 Å². The second-order valence-corrected chi connectivity index (χ2v) is 3.33. The average Bonchev–Trinajstić information content (AvgIpc) is 3.03. The van der Waals surface area contributed by atoms with Crippen molar-refractivity contribution in [2.75, 3.05) is 20.3 Å². The van der Waals surface area contributed by atoms with Crippen molar-refractivity contribution < 1.29 is 23.3 Å². The van der Waals surface area contributed by atoms with E-state index in [1.807, 2.05) is 0 Å². The van der Waals surface area contributed by atoms with Crippen LogP contribution in [0.5, 0.6) is 0 Å². The van der Waals surface area contributed by atoms with E-state index in [4.69, 9.17) is 18.5 Å². The van der Waals surface area contributed by atoms with Gasteiger partial charge in [-0.2, -0.15) is 0 Å². The molecule has 2 rings (SSSR count). The van der Waals surface area contributed by atoms with E-state index in [1.165, 1.54) is 12.3 Å². The highest BCUT2D eigenvalue weighted by Gasteiger charge is 2.14. The first-order valence-electron chi connectivity index (χ1n) is 5.23. The predicted molar refractivity (Wildman–Crippen MR) is 59.5 cm³/mol. The van der Waals surface area contributed by atoms with Gasteiger partial charge in [0.1, 0.15) is 0 Å². The van der Waals surface area contributed by atoms with Crippen LogP contribution in [0.2, 0.25) is 0 Å². The molecule has 0 saturated carbocycles. The molecule has 0 aromatic carbocycles. The monoisotopic (exact) mass is 252 g/mol. The Bertz CT molecular complexity index is 491. The number of furan rings is 1. The maximum Gasteiger partial charge on any atom is 0.297 e. The molecule has 96 valence electrons. The molecule has 0 bridgehead atoms. The molecule has 7 heteroatoms. The fraction of sp³-hybridized carbons (Fsp3) is 0.273. The minimum absolute atomic E-state index is 0.110. The number of amides is 1. The van der Waals surface area contributed by atoms with Crippen molar-refractivity contribution in [3.8, 4) is 11.5 Å². The van der Waals surface area contributed by atoms with E-state index >= 15 is 0 Å². The fourth-order valence-electron chi connectivity index (χ4n) is 1.21. The number of ether oxygens (including phenoxy) is 1. The van der Waals surface area contributed by atoms with Crippen LogP contribution in [-0.4, -0.2) is 31.4 Å². The van der Waals surface area contributed by atoms with Gasteiger partial charge in [0.05, 0.1) is 19.5 Å². The van der Waals surface area contributed by atoms with Crippen LogP contribution in [0.15, 0.2) is 33.4 Å². The molecule has 2 aromatic rings. The van der Waals surface area contributed by atoms with Gasteiger partial charge in [-0.25, -0.2) is 5.48 Å². The number of aromatic nitrogens is 1. The first-order chi connectivity index (χ1) is 8.81. The number of carbonyl (C=O) groups is 1. The van der Waals surface area contributed by atoms with Crippen LogP contribution in [-0.2, 0) is 9.57 Å². The summed E-state index contributed by atoms with van der Waals surface area (Å²) < 4.78 is 14.8. The molecule has 0 radical (unpaired) electrons. The number of nitrogens with zero attached hydrogens (tertiary/aromatic N) is 1. The summed E-state index contributed by atoms with van der Waals surface area (Å²) in [6.07, 6.45) is 1.51. The van der Waals surface area contributed by atoms with Crippen LogP contribution in [0.3, 0.4) is 0 Å². The SMILES string of the molecule is COCCONC(=O)c1cc(-c2ccco2)on1. The number of hydrogen-bond acceptors (Lipinski definition) is 6. The molecule has 1 N–H and O–H groups in total. The maximum absolute atomic E-state index is 11.6. The van der Waals surface area contributed by atoms with Crippen LogP contribution in [0, 0.1) is 0 Å². The third-order valence-corrected chi connectivity index (χ3v) is 2.06. The molecular weight excluding hydrogens is 240 g/mol. The number of carbonyl (C=O) groups excluding carboxylic acids is 1. The second kappa shape index (κ2) is 5.99. The topological polar surface area (TPSA) is 86.7 Å². The van der Waals surface area contributed by atoms with Crippen molar-refractivity contribution in [3.05, 3.63) is 30.2 Å². The zero-order valence-corrected chi connectivity index (χ0v) is 9.71. The van der Waals surface area contributed by atoms with E-state index < -0.39 is 5.91 Å². The zero-order valence-electron chi connectivity index (χ0n) is 9.71. The summed E-state index contributed by atoms with van der Waals surface area (Å²) in [5, 5.41) is 3.61. The Kier molecular flexibility index (Phi) is 4.11. The lowest BCUT2D eigenvalue weighted by molar-refractivity contribution is 0.00838. The van der Waals surface area contributed by atoms with E-state index in [1.54, 1.807) is 19.2 Å². The van der Waals surface area contributed by atoms with Gasteiger partial charge in [-0.15, -0.1) is 0 Å². The molecule has 2 heterocycles. The van der Waals surface area contributed by atoms with Crippen LogP contribution in [0.4, 0.5) is 0 Å². The summed E-state index contributed by atoms with van der Waals surface area (Å²) in [4.78, 5) is 16.4. The maximum atomic E-state index is 11.6. The Hall–Kier alpha value is -2.12. The first-order valence-corrected chi connectivity index (χ1v) is 5.23. The van der Waals surface area contributed by atoms with Gasteiger partial charge in [0.2, 0.25) is 5.76 Å². The Balaban J connectivity index is 1.91. The van der Waals surface area contributed by atoms with Crippen LogP contribution in [0.1, 0.15) is 10.5 Å². The third-order valence-electron chi connectivity index (χ3n) is 2.06. The smallest absolute Gasteiger partial charge is 0.297 e. The second-order valence-electron chi connectivity index (χ2n) is 3.33. The lowest BCUT2D eigenvalue weighted by Gasteiger charge is -2.02. The Morgan fingerprint density at radius 3 is 3.06 bits per heavy atom. The van der Waals surface area contributed by atoms with Crippen molar-refractivity contribution >= 4 is 5.91 Å². The third kappa shape index (κ3) is 2.96. The summed E-state index contributed by atoms with van der Waals surface area (Å²) in [7, 11) is 1.54. The number of rotatable bonds is 6. The van der Waals surface area contributed by atoms with Crippen molar-refractivity contribution in [2.24, 2.45) is 0 Å². The van der Waals surface area contributed by atoms with E-state index in [0.29, 0.717) is 18.1 Å². The van der Waals surface area contributed by atoms with Gasteiger partial charge in [-0.1, -0.05) is 5.16 Å². The van der Waals surface area contributed by atoms with Crippen LogP contribution >= 0.6 is 0 Å². The summed E-state index contributed by atoms with van der Waals surface area (Å²) in [6, 6.07) is 4.89. The largest absolute Gasteiger partial charge is 0.461 e. The number of nitrogens with one attached hydrogen (secondary N) is 1. The Morgan fingerprint density at radius 2 is 2.33 bits per heavy atom. The predicted octanol–water partition coefficient (Wildman–Crippen LogP) is 1.24. The molecule has 7 nitrogen and oxygen atoms in total. The molecule has 2 aromatic heterocycles. The molecule has 0 aliphatic carbocycles. The average molecular weight is 252 g/mol. The molecule has 0 unspecified atom stereocenters. The molecule has 0 atom stereocenters. The number of hydrogen-bond donors (Lipinski definition) is 1. The molecular formula is C11H12N2O5. The van der Waals surface area contributed by atoms with Gasteiger partial charge < -0.3 is 13.7 Å². The quantitative estimate of drug-likeness (QED) is 0.614. The van der Waals surface area contributed by atoms with E-state index in [2.05, 4.69) is 10.6 Å². The minimum atomic E-state index is -0.493. The summed E-state index contributed by atoms with van der Waals surface area (Å²) >= 11 is 0. The zero-order chi connectivity index (χ0) is 12.8. The molecule has 0 fully saturated rings. The van der Waals surface area contributed by atoms with E-state index in [-0.39, 0.29) is 12.3 Å². The van der Waals surface area contributed by atoms with E-state index in [0.717, 1.165) is 0 Å². The lowest BCUT2D eigenvalue weighted by Crippen LogP contribution is -2.25. The highest BCUT2D eigenvalue weighted by atomic mass is 16.7. The molecule has 18 heavy (non-hydrogen) atoms. The highest BCUT2D eigenvalue weighted by molar-refractivity contribution is 5.92. The van der Waals surface area contributed by atoms with Gasteiger partial charge in [0, 0.05) is 13.2 Å². The van der Waals surface area contributed by atoms with Gasteiger partial charge in [0.25, 0.3) is 5.91 Å². The summed E-state index contributed by atoms with van der Waals surface area (Å²) in [5.74, 6) is 0.386. The first kappa shape index (κ1) is 12.3. The van der Waals surface area contributed by atoms with Gasteiger partial charge in [-0.3, -0.25) is 9.63 Å². The number of methoxy groups -OCH3 is 1. The number of hydroxylamine groups is 1. The standard InChI is InChI=1S/C11H12N2O5/c1-15-5-6-17-13-11(14)8-7-10(18-12-8)9-3-2-4-16-9/h2-4,7H,5-6H2,1H3,(H,13,14). The Morgan fingerprint density at radius 1 is 1.44 bits per heavy atom. The normalized spacial score (nSPS) is 10.5. The van der Waals surface area contributed by atoms with Crippen LogP contribution in [0.25, 0.3) is 11.5 Å². The van der Waals surface area contributed by atoms with Gasteiger partial charge in [-0.05, 0) is 12.1 Å². The molecule has 0 saturated heterocycles. The van der Waals surface area contributed by atoms with E-state index in [9.17, 15) is 4.79 Å². The molecule has 0 spiro atoms. The fourth-order valence-corrected chi connectivity index (χ4v) is 1.21. The Labute approximate surface area is 103 Å². The minimum Gasteiger partial charge on any atom is -0.461 e. The summed E-state index contributed by atoms with van der Waals surface area (Å²) in [5.41, 5.74) is 2.33. The van der Waals surface area contributed by atoms with Crippen molar-refractivity contribution in [2.45, 2.75) is 0 Å². The molecule has 0 aliphatic heterocycles. The summed E-state index contributed by atoms with van der Waals surface area (Å²) in [6.45, 7) is 0.641. The lowest BCUT2D eigenvalue weighted by atomic mass is 10.3. The van der Waals surface area contributed by atoms with Crippen LogP contribution < -0.4 is 5.48 Å². The van der Waals surface area contributed by atoms with Crippen molar-refractivity contribution in [1.29, 1.82) is 0 Å². The van der Waals surface area contributed by atoms with Crippen molar-refractivity contribution in [3.63, 3.8) is 0 Å². The highest BCUT2D eigenvalue weighted by Crippen LogP contribution is 2.20. The molecule has 0 aliphatic rings. The molecule has 1 amide bonds. The van der Waals surface area contributed by atoms with Gasteiger partial charge >= 0.3 is 0 Å². The van der Waals surface area contributed by atoms with Crippen molar-refractivity contribution in [1.82, 2.24) is 10.6 Å².